The Bertz CT molecular complexity index is 1020. The van der Waals surface area contributed by atoms with Gasteiger partial charge in [0.05, 0.1) is 14.2 Å². The SMILES string of the molecule is CCc1cccc2c(C(CC(=O)NC3CC3)c3cccc(OC)c3OC)c[nH]c12. The fourth-order valence-electron chi connectivity index (χ4n) is 4.10. The van der Waals surface area contributed by atoms with Crippen LogP contribution >= 0.6 is 0 Å². The Morgan fingerprint density at radius 2 is 1.93 bits per heavy atom. The minimum absolute atomic E-state index is 0.0726. The van der Waals surface area contributed by atoms with Crippen LogP contribution in [-0.2, 0) is 11.2 Å². The molecule has 1 saturated carbocycles. The molecule has 0 bridgehead atoms. The number of aryl methyl sites for hydroxylation is 1. The molecule has 5 nitrogen and oxygen atoms in total. The van der Waals surface area contributed by atoms with Crippen molar-refractivity contribution in [2.24, 2.45) is 0 Å². The number of methoxy groups -OCH3 is 2. The van der Waals surface area contributed by atoms with E-state index in [1.165, 1.54) is 5.56 Å². The smallest absolute Gasteiger partial charge is 0.221 e. The number of rotatable bonds is 8. The second-order valence-electron chi connectivity index (χ2n) is 7.62. The predicted octanol–water partition coefficient (Wildman–Crippen LogP) is 4.55. The van der Waals surface area contributed by atoms with Crippen molar-refractivity contribution in [1.82, 2.24) is 10.3 Å². The van der Waals surface area contributed by atoms with E-state index in [1.54, 1.807) is 14.2 Å². The first-order valence-electron chi connectivity index (χ1n) is 10.2. The summed E-state index contributed by atoms with van der Waals surface area (Å²) in [6, 6.07) is 12.6. The van der Waals surface area contributed by atoms with E-state index in [9.17, 15) is 4.79 Å². The minimum Gasteiger partial charge on any atom is -0.493 e. The molecule has 0 saturated heterocycles. The molecule has 29 heavy (non-hydrogen) atoms. The van der Waals surface area contributed by atoms with Gasteiger partial charge < -0.3 is 19.8 Å². The van der Waals surface area contributed by atoms with Crippen molar-refractivity contribution in [1.29, 1.82) is 0 Å². The van der Waals surface area contributed by atoms with E-state index in [0.717, 1.165) is 41.3 Å². The first-order valence-corrected chi connectivity index (χ1v) is 10.2. The molecule has 1 aliphatic rings. The third-order valence-corrected chi connectivity index (χ3v) is 5.73. The van der Waals surface area contributed by atoms with Crippen LogP contribution in [0.2, 0.25) is 0 Å². The molecule has 1 aliphatic carbocycles. The lowest BCUT2D eigenvalue weighted by Crippen LogP contribution is -2.27. The number of nitrogens with one attached hydrogen (secondary N) is 2. The molecule has 0 radical (unpaired) electrons. The van der Waals surface area contributed by atoms with Gasteiger partial charge in [0.25, 0.3) is 0 Å². The van der Waals surface area contributed by atoms with Crippen molar-refractivity contribution in [3.63, 3.8) is 0 Å². The number of fused-ring (bicyclic) bond motifs is 1. The molecule has 1 unspecified atom stereocenters. The molecule has 2 N–H and O–H groups in total. The summed E-state index contributed by atoms with van der Waals surface area (Å²) in [6.45, 7) is 2.15. The quantitative estimate of drug-likeness (QED) is 0.591. The second kappa shape index (κ2) is 8.19. The third kappa shape index (κ3) is 3.82. The van der Waals surface area contributed by atoms with Gasteiger partial charge >= 0.3 is 0 Å². The van der Waals surface area contributed by atoms with Gasteiger partial charge in [0, 0.05) is 41.0 Å². The highest BCUT2D eigenvalue weighted by Gasteiger charge is 2.29. The number of hydrogen-bond donors (Lipinski definition) is 2. The second-order valence-corrected chi connectivity index (χ2v) is 7.62. The molecule has 1 atom stereocenters. The van der Waals surface area contributed by atoms with Gasteiger partial charge in [-0.1, -0.05) is 37.3 Å². The van der Waals surface area contributed by atoms with E-state index in [2.05, 4.69) is 35.4 Å². The molecule has 0 aliphatic heterocycles. The van der Waals surface area contributed by atoms with E-state index in [4.69, 9.17) is 9.47 Å². The summed E-state index contributed by atoms with van der Waals surface area (Å²) >= 11 is 0. The maximum absolute atomic E-state index is 12.8. The number of aromatic nitrogens is 1. The molecule has 1 fully saturated rings. The molecule has 1 amide bonds. The average molecular weight is 392 g/mol. The molecular formula is C24H28N2O3. The lowest BCUT2D eigenvalue weighted by Gasteiger charge is -2.21. The predicted molar refractivity (Wildman–Crippen MR) is 115 cm³/mol. The summed E-state index contributed by atoms with van der Waals surface area (Å²) in [6.07, 6.45) is 5.51. The highest BCUT2D eigenvalue weighted by molar-refractivity contribution is 5.88. The fraction of sp³-hybridized carbons (Fsp3) is 0.375. The van der Waals surface area contributed by atoms with Gasteiger partial charge in [0.2, 0.25) is 5.91 Å². The van der Waals surface area contributed by atoms with Gasteiger partial charge in [-0.25, -0.2) is 0 Å². The first-order chi connectivity index (χ1) is 14.2. The summed E-state index contributed by atoms with van der Waals surface area (Å²) in [5, 5.41) is 4.28. The van der Waals surface area contributed by atoms with Crippen molar-refractivity contribution >= 4 is 16.8 Å². The number of hydrogen-bond acceptors (Lipinski definition) is 3. The highest BCUT2D eigenvalue weighted by Crippen LogP contribution is 2.42. The lowest BCUT2D eigenvalue weighted by molar-refractivity contribution is -0.121. The van der Waals surface area contributed by atoms with E-state index in [-0.39, 0.29) is 11.8 Å². The zero-order chi connectivity index (χ0) is 20.4. The Hall–Kier alpha value is -2.95. The van der Waals surface area contributed by atoms with Crippen LogP contribution in [0.1, 0.15) is 48.8 Å². The standard InChI is InChI=1S/C24H28N2O3/c1-4-15-7-5-8-17-20(14-25-23(15)17)19(13-22(27)26-16-11-12-16)18-9-6-10-21(28-2)24(18)29-3/h5-10,14,16,19,25H,4,11-13H2,1-3H3,(H,26,27). The van der Waals surface area contributed by atoms with E-state index < -0.39 is 0 Å². The first kappa shape index (κ1) is 19.4. The van der Waals surface area contributed by atoms with Crippen LogP contribution < -0.4 is 14.8 Å². The van der Waals surface area contributed by atoms with Crippen LogP contribution in [0.3, 0.4) is 0 Å². The topological polar surface area (TPSA) is 63.4 Å². The number of amides is 1. The summed E-state index contributed by atoms with van der Waals surface area (Å²) < 4.78 is 11.2. The monoisotopic (exact) mass is 392 g/mol. The number of ether oxygens (including phenoxy) is 2. The Morgan fingerprint density at radius 3 is 2.62 bits per heavy atom. The van der Waals surface area contributed by atoms with Crippen molar-refractivity contribution in [3.05, 3.63) is 59.3 Å². The Balaban J connectivity index is 1.82. The van der Waals surface area contributed by atoms with Crippen molar-refractivity contribution in [2.45, 2.75) is 44.6 Å². The molecule has 152 valence electrons. The average Bonchev–Trinajstić information content (AvgIpc) is 3.45. The maximum Gasteiger partial charge on any atom is 0.221 e. The molecule has 5 heteroatoms. The van der Waals surface area contributed by atoms with Gasteiger partial charge in [-0.3, -0.25) is 4.79 Å². The number of H-pyrrole nitrogens is 1. The fourth-order valence-corrected chi connectivity index (χ4v) is 4.10. The Morgan fingerprint density at radius 1 is 1.14 bits per heavy atom. The summed E-state index contributed by atoms with van der Waals surface area (Å²) in [5.41, 5.74) is 4.47. The molecule has 0 spiro atoms. The van der Waals surface area contributed by atoms with Gasteiger partial charge in [-0.05, 0) is 36.5 Å². The Labute approximate surface area is 171 Å². The maximum atomic E-state index is 12.8. The Kier molecular flexibility index (Phi) is 5.47. The van der Waals surface area contributed by atoms with Crippen molar-refractivity contribution in [2.75, 3.05) is 14.2 Å². The normalized spacial score (nSPS) is 14.6. The third-order valence-electron chi connectivity index (χ3n) is 5.73. The van der Waals surface area contributed by atoms with Crippen molar-refractivity contribution in [3.8, 4) is 11.5 Å². The van der Waals surface area contributed by atoms with Gasteiger partial charge in [-0.2, -0.15) is 0 Å². The molecule has 2 aromatic carbocycles. The molecule has 1 aromatic heterocycles. The number of carbonyl (C=O) groups excluding carboxylic acids is 1. The summed E-state index contributed by atoms with van der Waals surface area (Å²) in [5.74, 6) is 1.29. The van der Waals surface area contributed by atoms with Crippen LogP contribution in [-0.4, -0.2) is 31.2 Å². The van der Waals surface area contributed by atoms with Crippen LogP contribution in [0.5, 0.6) is 11.5 Å². The van der Waals surface area contributed by atoms with Crippen molar-refractivity contribution < 1.29 is 14.3 Å². The number of carbonyl (C=O) groups is 1. The number of aromatic amines is 1. The molecule has 3 aromatic rings. The zero-order valence-corrected chi connectivity index (χ0v) is 17.2. The van der Waals surface area contributed by atoms with Gasteiger partial charge in [0.1, 0.15) is 0 Å². The van der Waals surface area contributed by atoms with Gasteiger partial charge in [0.15, 0.2) is 11.5 Å². The van der Waals surface area contributed by atoms with E-state index in [0.29, 0.717) is 24.0 Å². The lowest BCUT2D eigenvalue weighted by atomic mass is 9.86. The minimum atomic E-state index is -0.139. The molecule has 1 heterocycles. The summed E-state index contributed by atoms with van der Waals surface area (Å²) in [4.78, 5) is 16.2. The number of para-hydroxylation sites is 2. The van der Waals surface area contributed by atoms with Crippen LogP contribution in [0.25, 0.3) is 10.9 Å². The number of benzene rings is 2. The molecular weight excluding hydrogens is 364 g/mol. The molecule has 4 rings (SSSR count). The van der Waals surface area contributed by atoms with Gasteiger partial charge in [-0.15, -0.1) is 0 Å². The van der Waals surface area contributed by atoms with Crippen LogP contribution in [0.15, 0.2) is 42.6 Å². The van der Waals surface area contributed by atoms with Crippen LogP contribution in [0.4, 0.5) is 0 Å². The summed E-state index contributed by atoms with van der Waals surface area (Å²) in [7, 11) is 3.28. The largest absolute Gasteiger partial charge is 0.493 e. The highest BCUT2D eigenvalue weighted by atomic mass is 16.5. The van der Waals surface area contributed by atoms with E-state index in [1.807, 2.05) is 24.4 Å². The van der Waals surface area contributed by atoms with Crippen LogP contribution in [0, 0.1) is 0 Å². The van der Waals surface area contributed by atoms with E-state index >= 15 is 0 Å². The zero-order valence-electron chi connectivity index (χ0n) is 17.2.